The lowest BCUT2D eigenvalue weighted by Gasteiger charge is -2.26. The summed E-state index contributed by atoms with van der Waals surface area (Å²) in [4.78, 5) is 0. The normalized spacial score (nSPS) is 18.1. The molecule has 0 fully saturated rings. The van der Waals surface area contributed by atoms with Gasteiger partial charge in [0.05, 0.1) is 0 Å². The van der Waals surface area contributed by atoms with Crippen molar-refractivity contribution in [3.05, 3.63) is 0 Å². The van der Waals surface area contributed by atoms with Crippen LogP contribution in [0.4, 0.5) is 0 Å². The van der Waals surface area contributed by atoms with Crippen LogP contribution in [0.3, 0.4) is 0 Å². The second kappa shape index (κ2) is 15.1. The van der Waals surface area contributed by atoms with Crippen molar-refractivity contribution >= 4 is 0 Å². The minimum absolute atomic E-state index is 0.856. The van der Waals surface area contributed by atoms with Gasteiger partial charge >= 0.3 is 0 Å². The first-order valence-electron chi connectivity index (χ1n) is 11.8. The van der Waals surface area contributed by atoms with Crippen LogP contribution in [-0.4, -0.2) is 0 Å². The molecular formula is C25H52. The molecule has 0 aliphatic heterocycles. The van der Waals surface area contributed by atoms with Crippen molar-refractivity contribution in [2.45, 2.75) is 126 Å². The highest BCUT2D eigenvalue weighted by Crippen LogP contribution is 2.31. The number of hydrogen-bond acceptors (Lipinski definition) is 0. The van der Waals surface area contributed by atoms with Crippen molar-refractivity contribution in [3.63, 3.8) is 0 Å². The van der Waals surface area contributed by atoms with Crippen molar-refractivity contribution in [1.82, 2.24) is 0 Å². The van der Waals surface area contributed by atoms with E-state index in [2.05, 4.69) is 55.4 Å². The van der Waals surface area contributed by atoms with Gasteiger partial charge in [0.2, 0.25) is 0 Å². The van der Waals surface area contributed by atoms with Crippen molar-refractivity contribution in [2.75, 3.05) is 0 Å². The maximum absolute atomic E-state index is 2.48. The van der Waals surface area contributed by atoms with Gasteiger partial charge in [-0.05, 0) is 41.9 Å². The predicted octanol–water partition coefficient (Wildman–Crippen LogP) is 9.13. The molecule has 0 heteroatoms. The first-order chi connectivity index (χ1) is 11.8. The fourth-order valence-electron chi connectivity index (χ4n) is 4.60. The lowest BCUT2D eigenvalue weighted by Crippen LogP contribution is -2.14. The van der Waals surface area contributed by atoms with E-state index < -0.39 is 0 Å². The van der Waals surface area contributed by atoms with Crippen LogP contribution in [0.5, 0.6) is 0 Å². The lowest BCUT2D eigenvalue weighted by molar-refractivity contribution is 0.257. The van der Waals surface area contributed by atoms with E-state index >= 15 is 0 Å². The summed E-state index contributed by atoms with van der Waals surface area (Å²) in [7, 11) is 0. The Labute approximate surface area is 161 Å². The summed E-state index contributed by atoms with van der Waals surface area (Å²) < 4.78 is 0. The van der Waals surface area contributed by atoms with E-state index in [1.54, 1.807) is 0 Å². The molecule has 152 valence electrons. The van der Waals surface area contributed by atoms with E-state index in [0.29, 0.717) is 0 Å². The van der Waals surface area contributed by atoms with E-state index in [-0.39, 0.29) is 0 Å². The van der Waals surface area contributed by atoms with Gasteiger partial charge < -0.3 is 0 Å². The van der Waals surface area contributed by atoms with Gasteiger partial charge in [-0.3, -0.25) is 0 Å². The molecule has 0 aromatic heterocycles. The largest absolute Gasteiger partial charge is 0.0654 e. The van der Waals surface area contributed by atoms with E-state index in [0.717, 1.165) is 35.5 Å². The zero-order chi connectivity index (χ0) is 19.2. The highest BCUT2D eigenvalue weighted by Gasteiger charge is 2.18. The summed E-state index contributed by atoms with van der Waals surface area (Å²) in [6.07, 6.45) is 15.6. The molecule has 0 aliphatic rings. The molecule has 0 bridgehead atoms. The van der Waals surface area contributed by atoms with Gasteiger partial charge in [0.1, 0.15) is 0 Å². The Balaban J connectivity index is 4.17. The minimum atomic E-state index is 0.856. The average molecular weight is 353 g/mol. The average Bonchev–Trinajstić information content (AvgIpc) is 2.56. The van der Waals surface area contributed by atoms with Gasteiger partial charge in [0.25, 0.3) is 0 Å². The van der Waals surface area contributed by atoms with Crippen molar-refractivity contribution in [2.24, 2.45) is 35.5 Å². The van der Waals surface area contributed by atoms with E-state index in [1.807, 2.05) is 0 Å². The van der Waals surface area contributed by atoms with Crippen LogP contribution < -0.4 is 0 Å². The molecule has 0 aromatic carbocycles. The second-order valence-corrected chi connectivity index (χ2v) is 9.66. The molecule has 25 heavy (non-hydrogen) atoms. The summed E-state index contributed by atoms with van der Waals surface area (Å²) in [5.41, 5.74) is 0. The maximum atomic E-state index is 2.48. The van der Waals surface area contributed by atoms with Gasteiger partial charge in [0.15, 0.2) is 0 Å². The SMILES string of the molecule is CCCC(C)CC(CCCC(CC)CCC(C)C(C)CCC)C(C)C. The van der Waals surface area contributed by atoms with Crippen LogP contribution in [0.15, 0.2) is 0 Å². The maximum Gasteiger partial charge on any atom is -0.0389 e. The Morgan fingerprint density at radius 2 is 1.20 bits per heavy atom. The molecular weight excluding hydrogens is 300 g/mol. The summed E-state index contributed by atoms with van der Waals surface area (Å²) in [6, 6.07) is 0. The molecule has 0 rings (SSSR count). The summed E-state index contributed by atoms with van der Waals surface area (Å²) in [5.74, 6) is 5.51. The third kappa shape index (κ3) is 12.1. The minimum Gasteiger partial charge on any atom is -0.0654 e. The molecule has 0 saturated carbocycles. The first kappa shape index (κ1) is 25.0. The molecule has 0 aromatic rings. The Morgan fingerprint density at radius 1 is 0.600 bits per heavy atom. The molecule has 5 unspecified atom stereocenters. The Bertz CT molecular complexity index is 280. The van der Waals surface area contributed by atoms with E-state index in [4.69, 9.17) is 0 Å². The molecule has 0 heterocycles. The number of hydrogen-bond donors (Lipinski definition) is 0. The highest BCUT2D eigenvalue weighted by molar-refractivity contribution is 4.70. The van der Waals surface area contributed by atoms with Gasteiger partial charge in [-0.1, -0.05) is 120 Å². The quantitative estimate of drug-likeness (QED) is 0.260. The van der Waals surface area contributed by atoms with Crippen LogP contribution in [0.25, 0.3) is 0 Å². The third-order valence-corrected chi connectivity index (χ3v) is 6.94. The monoisotopic (exact) mass is 352 g/mol. The van der Waals surface area contributed by atoms with Gasteiger partial charge in [-0.25, -0.2) is 0 Å². The lowest BCUT2D eigenvalue weighted by atomic mass is 9.80. The van der Waals surface area contributed by atoms with Crippen LogP contribution in [0.2, 0.25) is 0 Å². The zero-order valence-corrected chi connectivity index (χ0v) is 19.2. The summed E-state index contributed by atoms with van der Waals surface area (Å²) in [5, 5.41) is 0. The van der Waals surface area contributed by atoms with Crippen molar-refractivity contribution in [3.8, 4) is 0 Å². The topological polar surface area (TPSA) is 0 Å². The predicted molar refractivity (Wildman–Crippen MR) is 117 cm³/mol. The van der Waals surface area contributed by atoms with Crippen molar-refractivity contribution < 1.29 is 0 Å². The Kier molecular flexibility index (Phi) is 15.1. The molecule has 0 aliphatic carbocycles. The molecule has 0 amide bonds. The van der Waals surface area contributed by atoms with Crippen LogP contribution in [-0.2, 0) is 0 Å². The van der Waals surface area contributed by atoms with E-state index in [1.165, 1.54) is 70.6 Å². The van der Waals surface area contributed by atoms with Crippen LogP contribution >= 0.6 is 0 Å². The van der Waals surface area contributed by atoms with Crippen LogP contribution in [0.1, 0.15) is 126 Å². The molecule has 0 radical (unpaired) electrons. The zero-order valence-electron chi connectivity index (χ0n) is 19.2. The second-order valence-electron chi connectivity index (χ2n) is 9.66. The smallest absolute Gasteiger partial charge is 0.0389 e. The first-order valence-corrected chi connectivity index (χ1v) is 11.8. The molecule has 0 N–H and O–H groups in total. The van der Waals surface area contributed by atoms with Gasteiger partial charge in [-0.15, -0.1) is 0 Å². The molecule has 0 saturated heterocycles. The van der Waals surface area contributed by atoms with Crippen LogP contribution in [0, 0.1) is 35.5 Å². The Hall–Kier alpha value is 0. The third-order valence-electron chi connectivity index (χ3n) is 6.94. The number of rotatable bonds is 16. The fourth-order valence-corrected chi connectivity index (χ4v) is 4.60. The summed E-state index contributed by atoms with van der Waals surface area (Å²) in [6.45, 7) is 19.4. The molecule has 5 atom stereocenters. The summed E-state index contributed by atoms with van der Waals surface area (Å²) >= 11 is 0. The van der Waals surface area contributed by atoms with E-state index in [9.17, 15) is 0 Å². The van der Waals surface area contributed by atoms with Gasteiger partial charge in [-0.2, -0.15) is 0 Å². The van der Waals surface area contributed by atoms with Gasteiger partial charge in [0, 0.05) is 0 Å². The van der Waals surface area contributed by atoms with Crippen molar-refractivity contribution in [1.29, 1.82) is 0 Å². The molecule has 0 nitrogen and oxygen atoms in total. The Morgan fingerprint density at radius 3 is 1.72 bits per heavy atom. The highest BCUT2D eigenvalue weighted by atomic mass is 14.2. The standard InChI is InChI=1S/C25H52/c1-9-13-21(6)19-25(20(4)5)16-12-15-24(11-3)18-17-23(8)22(7)14-10-2/h20-25H,9-19H2,1-8H3. The fraction of sp³-hybridized carbons (Fsp3) is 1.00. The molecule has 0 spiro atoms.